The summed E-state index contributed by atoms with van der Waals surface area (Å²) in [5.74, 6) is 0.365. The van der Waals surface area contributed by atoms with Crippen LogP contribution in [0.15, 0.2) is 79.5 Å². The lowest BCUT2D eigenvalue weighted by atomic mass is 10.1. The number of H-pyrrole nitrogens is 1. The van der Waals surface area contributed by atoms with Gasteiger partial charge in [0.1, 0.15) is 5.82 Å². The fourth-order valence-corrected chi connectivity index (χ4v) is 3.06. The van der Waals surface area contributed by atoms with Gasteiger partial charge in [-0.25, -0.2) is 9.97 Å². The Hall–Kier alpha value is -4.00. The highest BCUT2D eigenvalue weighted by atomic mass is 16.1. The SMILES string of the molecule is O=C(NCc1cccnc1)c1ccc(-c2ccccc2)nc1NCCc1c[nH]cn1. The maximum atomic E-state index is 12.8. The third-order valence-corrected chi connectivity index (χ3v) is 4.61. The number of nitrogens with zero attached hydrogens (tertiary/aromatic N) is 3. The lowest BCUT2D eigenvalue weighted by Gasteiger charge is -2.13. The van der Waals surface area contributed by atoms with Crippen molar-refractivity contribution in [2.45, 2.75) is 13.0 Å². The number of imidazole rings is 1. The molecule has 0 aliphatic rings. The molecule has 1 amide bonds. The third-order valence-electron chi connectivity index (χ3n) is 4.61. The first-order chi connectivity index (χ1) is 14.8. The standard InChI is InChI=1S/C23H22N6O/c30-23(27-14-17-5-4-11-24-13-17)20-8-9-21(18-6-2-1-3-7-18)29-22(20)26-12-10-19-15-25-16-28-19/h1-9,11,13,15-16H,10,12,14H2,(H,25,28)(H,26,29)(H,27,30). The topological polar surface area (TPSA) is 95.6 Å². The van der Waals surface area contributed by atoms with Crippen molar-refractivity contribution >= 4 is 11.7 Å². The Kier molecular flexibility index (Phi) is 6.10. The monoisotopic (exact) mass is 398 g/mol. The molecule has 30 heavy (non-hydrogen) atoms. The summed E-state index contributed by atoms with van der Waals surface area (Å²) in [4.78, 5) is 28.8. The molecule has 7 nitrogen and oxygen atoms in total. The number of carbonyl (C=O) groups excluding carboxylic acids is 1. The van der Waals surface area contributed by atoms with Gasteiger partial charge in [-0.15, -0.1) is 0 Å². The number of aromatic nitrogens is 4. The van der Waals surface area contributed by atoms with Crippen molar-refractivity contribution in [3.8, 4) is 11.3 Å². The van der Waals surface area contributed by atoms with Gasteiger partial charge in [0.05, 0.1) is 23.3 Å². The highest BCUT2D eigenvalue weighted by Crippen LogP contribution is 2.22. The van der Waals surface area contributed by atoms with E-state index in [0.29, 0.717) is 24.5 Å². The molecule has 0 fully saturated rings. The van der Waals surface area contributed by atoms with Crippen LogP contribution in [0.3, 0.4) is 0 Å². The van der Waals surface area contributed by atoms with Crippen molar-refractivity contribution in [1.29, 1.82) is 0 Å². The summed E-state index contributed by atoms with van der Waals surface area (Å²) in [5.41, 5.74) is 4.19. The van der Waals surface area contributed by atoms with E-state index in [1.54, 1.807) is 18.7 Å². The van der Waals surface area contributed by atoms with Crippen molar-refractivity contribution in [2.75, 3.05) is 11.9 Å². The molecule has 1 aromatic carbocycles. The number of amides is 1. The number of carbonyl (C=O) groups is 1. The maximum Gasteiger partial charge on any atom is 0.255 e. The molecular weight excluding hydrogens is 376 g/mol. The summed E-state index contributed by atoms with van der Waals surface area (Å²) in [7, 11) is 0. The number of hydrogen-bond acceptors (Lipinski definition) is 5. The Balaban J connectivity index is 1.53. The van der Waals surface area contributed by atoms with Crippen LogP contribution in [-0.4, -0.2) is 32.4 Å². The Bertz CT molecular complexity index is 1080. The lowest BCUT2D eigenvalue weighted by molar-refractivity contribution is 0.0951. The van der Waals surface area contributed by atoms with E-state index >= 15 is 0 Å². The van der Waals surface area contributed by atoms with Gasteiger partial charge in [0.15, 0.2) is 0 Å². The van der Waals surface area contributed by atoms with Crippen LogP contribution in [-0.2, 0) is 13.0 Å². The fraction of sp³-hybridized carbons (Fsp3) is 0.130. The molecule has 7 heteroatoms. The zero-order valence-corrected chi connectivity index (χ0v) is 16.4. The van der Waals surface area contributed by atoms with Gasteiger partial charge in [0.2, 0.25) is 0 Å². The molecule has 0 saturated carbocycles. The van der Waals surface area contributed by atoms with Gasteiger partial charge in [-0.05, 0) is 23.8 Å². The molecule has 150 valence electrons. The molecule has 0 aliphatic heterocycles. The predicted octanol–water partition coefficient (Wildman–Crippen LogP) is 3.45. The van der Waals surface area contributed by atoms with E-state index in [9.17, 15) is 4.79 Å². The number of aromatic amines is 1. The molecule has 0 saturated heterocycles. The van der Waals surface area contributed by atoms with E-state index in [0.717, 1.165) is 28.9 Å². The smallest absolute Gasteiger partial charge is 0.255 e. The fourth-order valence-electron chi connectivity index (χ4n) is 3.06. The summed E-state index contributed by atoms with van der Waals surface area (Å²) in [6, 6.07) is 17.3. The van der Waals surface area contributed by atoms with Crippen LogP contribution in [0.4, 0.5) is 5.82 Å². The van der Waals surface area contributed by atoms with Gasteiger partial charge < -0.3 is 15.6 Å². The van der Waals surface area contributed by atoms with Crippen LogP contribution in [0.5, 0.6) is 0 Å². The Morgan fingerprint density at radius 2 is 1.93 bits per heavy atom. The van der Waals surface area contributed by atoms with Crippen LogP contribution in [0.25, 0.3) is 11.3 Å². The predicted molar refractivity (Wildman–Crippen MR) is 116 cm³/mol. The molecule has 0 bridgehead atoms. The molecular formula is C23H22N6O. The van der Waals surface area contributed by atoms with Crippen molar-refractivity contribution in [3.05, 3.63) is 96.3 Å². The molecule has 3 N–H and O–H groups in total. The van der Waals surface area contributed by atoms with Gasteiger partial charge in [0.25, 0.3) is 5.91 Å². The van der Waals surface area contributed by atoms with E-state index in [1.165, 1.54) is 0 Å². The summed E-state index contributed by atoms with van der Waals surface area (Å²) in [5, 5.41) is 6.25. The van der Waals surface area contributed by atoms with Crippen LogP contribution in [0.2, 0.25) is 0 Å². The van der Waals surface area contributed by atoms with E-state index in [1.807, 2.05) is 60.8 Å². The zero-order chi connectivity index (χ0) is 20.6. The number of rotatable bonds is 8. The molecule has 0 unspecified atom stereocenters. The summed E-state index contributed by atoms with van der Waals surface area (Å²) >= 11 is 0. The molecule has 0 spiro atoms. The van der Waals surface area contributed by atoms with E-state index in [-0.39, 0.29) is 5.91 Å². The summed E-state index contributed by atoms with van der Waals surface area (Å²) in [6.07, 6.45) is 7.68. The molecule has 3 heterocycles. The highest BCUT2D eigenvalue weighted by molar-refractivity contribution is 5.99. The lowest BCUT2D eigenvalue weighted by Crippen LogP contribution is -2.24. The van der Waals surface area contributed by atoms with Crippen molar-refractivity contribution in [2.24, 2.45) is 0 Å². The second-order valence-corrected chi connectivity index (χ2v) is 6.74. The van der Waals surface area contributed by atoms with Gasteiger partial charge in [-0.2, -0.15) is 0 Å². The zero-order valence-electron chi connectivity index (χ0n) is 16.4. The maximum absolute atomic E-state index is 12.8. The van der Waals surface area contributed by atoms with E-state index < -0.39 is 0 Å². The number of anilines is 1. The van der Waals surface area contributed by atoms with Crippen molar-refractivity contribution in [3.63, 3.8) is 0 Å². The second-order valence-electron chi connectivity index (χ2n) is 6.74. The van der Waals surface area contributed by atoms with Gasteiger partial charge in [-0.1, -0.05) is 36.4 Å². The highest BCUT2D eigenvalue weighted by Gasteiger charge is 2.14. The number of hydrogen-bond donors (Lipinski definition) is 3. The van der Waals surface area contributed by atoms with Crippen LogP contribution in [0, 0.1) is 0 Å². The number of nitrogens with one attached hydrogen (secondary N) is 3. The van der Waals surface area contributed by atoms with E-state index in [4.69, 9.17) is 4.98 Å². The normalized spacial score (nSPS) is 10.5. The third kappa shape index (κ3) is 4.88. The largest absolute Gasteiger partial charge is 0.369 e. The molecule has 0 atom stereocenters. The number of pyridine rings is 2. The molecule has 0 radical (unpaired) electrons. The van der Waals surface area contributed by atoms with Crippen LogP contribution in [0.1, 0.15) is 21.6 Å². The first kappa shape index (κ1) is 19.3. The minimum Gasteiger partial charge on any atom is -0.369 e. The second kappa shape index (κ2) is 9.47. The molecule has 3 aromatic heterocycles. The molecule has 4 rings (SSSR count). The minimum absolute atomic E-state index is 0.187. The van der Waals surface area contributed by atoms with Crippen LogP contribution < -0.4 is 10.6 Å². The van der Waals surface area contributed by atoms with E-state index in [2.05, 4.69) is 25.6 Å². The van der Waals surface area contributed by atoms with Gasteiger partial charge in [0, 0.05) is 43.7 Å². The Morgan fingerprint density at radius 3 is 2.70 bits per heavy atom. The van der Waals surface area contributed by atoms with Crippen LogP contribution >= 0.6 is 0 Å². The van der Waals surface area contributed by atoms with Gasteiger partial charge >= 0.3 is 0 Å². The Labute approximate surface area is 174 Å². The van der Waals surface area contributed by atoms with Crippen molar-refractivity contribution in [1.82, 2.24) is 25.3 Å². The summed E-state index contributed by atoms with van der Waals surface area (Å²) in [6.45, 7) is 1.01. The average Bonchev–Trinajstić information content (AvgIpc) is 3.32. The average molecular weight is 398 g/mol. The minimum atomic E-state index is -0.187. The first-order valence-electron chi connectivity index (χ1n) is 9.75. The molecule has 4 aromatic rings. The first-order valence-corrected chi connectivity index (χ1v) is 9.75. The summed E-state index contributed by atoms with van der Waals surface area (Å²) < 4.78 is 0. The Morgan fingerprint density at radius 1 is 1.03 bits per heavy atom. The van der Waals surface area contributed by atoms with Crippen molar-refractivity contribution < 1.29 is 4.79 Å². The quantitative estimate of drug-likeness (QED) is 0.422. The molecule has 0 aliphatic carbocycles. The number of benzene rings is 1. The van der Waals surface area contributed by atoms with Gasteiger partial charge in [-0.3, -0.25) is 9.78 Å².